The molecule has 1 N–H and O–H groups in total. The SMILES string of the molecule is Cc1cc(/C=N/NC(=O)c2cc3cc([N+](=O)[O-])ccc3s2)c(C)n1-c1ccc(Cl)cc1. The first kappa shape index (κ1) is 20.8. The predicted octanol–water partition coefficient (Wildman–Crippen LogP) is 5.63. The lowest BCUT2D eigenvalue weighted by Gasteiger charge is -2.09. The molecule has 0 saturated heterocycles. The maximum Gasteiger partial charge on any atom is 0.281 e. The standard InChI is InChI=1S/C22H17ClN4O3S/c1-13-9-16(14(2)26(13)18-5-3-17(23)4-6-18)12-24-25-22(28)21-11-15-10-19(27(29)30)7-8-20(15)31-21/h3-12H,1-2H3,(H,25,28)/b24-12+. The number of carbonyl (C=O) groups is 1. The van der Waals surface area contributed by atoms with E-state index < -0.39 is 4.92 Å². The second-order valence-corrected chi connectivity index (χ2v) is 8.45. The van der Waals surface area contributed by atoms with Gasteiger partial charge in [0.15, 0.2) is 0 Å². The van der Waals surface area contributed by atoms with Gasteiger partial charge >= 0.3 is 0 Å². The fraction of sp³-hybridized carbons (Fsp3) is 0.0909. The summed E-state index contributed by atoms with van der Waals surface area (Å²) >= 11 is 7.24. The number of amides is 1. The number of nitrogens with zero attached hydrogens (tertiary/aromatic N) is 3. The van der Waals surface area contributed by atoms with Crippen LogP contribution >= 0.6 is 22.9 Å². The first-order valence-electron chi connectivity index (χ1n) is 9.30. The summed E-state index contributed by atoms with van der Waals surface area (Å²) in [5.41, 5.74) is 6.39. The summed E-state index contributed by atoms with van der Waals surface area (Å²) < 4.78 is 2.88. The number of benzene rings is 2. The minimum Gasteiger partial charge on any atom is -0.318 e. The first-order valence-corrected chi connectivity index (χ1v) is 10.5. The molecule has 0 aliphatic heterocycles. The smallest absolute Gasteiger partial charge is 0.281 e. The summed E-state index contributed by atoms with van der Waals surface area (Å²) in [6.45, 7) is 3.97. The molecule has 0 aliphatic carbocycles. The van der Waals surface area contributed by atoms with Crippen molar-refractivity contribution in [3.8, 4) is 5.69 Å². The highest BCUT2D eigenvalue weighted by atomic mass is 35.5. The topological polar surface area (TPSA) is 89.5 Å². The van der Waals surface area contributed by atoms with E-state index in [1.54, 1.807) is 18.3 Å². The molecule has 0 unspecified atom stereocenters. The number of nitro groups is 1. The van der Waals surface area contributed by atoms with Crippen LogP contribution in [0.5, 0.6) is 0 Å². The molecule has 0 aliphatic rings. The number of aryl methyl sites for hydroxylation is 1. The molecule has 156 valence electrons. The third kappa shape index (κ3) is 4.21. The molecule has 0 atom stereocenters. The zero-order valence-corrected chi connectivity index (χ0v) is 18.2. The van der Waals surface area contributed by atoms with Crippen LogP contribution in [-0.2, 0) is 0 Å². The van der Waals surface area contributed by atoms with Crippen LogP contribution in [-0.4, -0.2) is 21.6 Å². The van der Waals surface area contributed by atoms with E-state index in [1.165, 1.54) is 23.5 Å². The summed E-state index contributed by atoms with van der Waals surface area (Å²) in [4.78, 5) is 23.4. The lowest BCUT2D eigenvalue weighted by Crippen LogP contribution is -2.16. The van der Waals surface area contributed by atoms with Gasteiger partial charge in [0.2, 0.25) is 0 Å². The molecule has 4 rings (SSSR count). The number of halogens is 1. The van der Waals surface area contributed by atoms with Crippen molar-refractivity contribution in [2.75, 3.05) is 0 Å². The van der Waals surface area contributed by atoms with Crippen LogP contribution in [0.3, 0.4) is 0 Å². The normalized spacial score (nSPS) is 11.3. The maximum atomic E-state index is 12.5. The third-order valence-corrected chi connectivity index (χ3v) is 6.23. The fourth-order valence-electron chi connectivity index (χ4n) is 3.38. The quantitative estimate of drug-likeness (QED) is 0.241. The molecule has 2 aromatic carbocycles. The van der Waals surface area contributed by atoms with Crippen LogP contribution in [0.1, 0.15) is 26.6 Å². The summed E-state index contributed by atoms with van der Waals surface area (Å²) in [5, 5.41) is 16.3. The number of aromatic nitrogens is 1. The zero-order chi connectivity index (χ0) is 22.1. The number of fused-ring (bicyclic) bond motifs is 1. The Bertz CT molecular complexity index is 1340. The number of hydrazone groups is 1. The number of nitrogens with one attached hydrogen (secondary N) is 1. The van der Waals surface area contributed by atoms with E-state index >= 15 is 0 Å². The van der Waals surface area contributed by atoms with E-state index in [9.17, 15) is 14.9 Å². The van der Waals surface area contributed by atoms with Crippen molar-refractivity contribution in [3.63, 3.8) is 0 Å². The van der Waals surface area contributed by atoms with Crippen molar-refractivity contribution >= 4 is 50.8 Å². The second kappa shape index (κ2) is 8.33. The molecule has 0 saturated carbocycles. The number of hydrogen-bond acceptors (Lipinski definition) is 5. The summed E-state index contributed by atoms with van der Waals surface area (Å²) in [5.74, 6) is -0.369. The molecule has 2 heterocycles. The lowest BCUT2D eigenvalue weighted by molar-refractivity contribution is -0.384. The Morgan fingerprint density at radius 1 is 1.16 bits per heavy atom. The van der Waals surface area contributed by atoms with Gasteiger partial charge in [-0.2, -0.15) is 5.10 Å². The monoisotopic (exact) mass is 452 g/mol. The Morgan fingerprint density at radius 3 is 2.61 bits per heavy atom. The van der Waals surface area contributed by atoms with Crippen molar-refractivity contribution in [2.45, 2.75) is 13.8 Å². The lowest BCUT2D eigenvalue weighted by atomic mass is 10.2. The Morgan fingerprint density at radius 2 is 1.90 bits per heavy atom. The molecule has 0 spiro atoms. The van der Waals surface area contributed by atoms with Crippen LogP contribution in [0.25, 0.3) is 15.8 Å². The second-order valence-electron chi connectivity index (χ2n) is 6.93. The van der Waals surface area contributed by atoms with E-state index in [1.807, 2.05) is 44.2 Å². The highest BCUT2D eigenvalue weighted by Crippen LogP contribution is 2.29. The molecule has 0 bridgehead atoms. The Balaban J connectivity index is 1.51. The molecule has 31 heavy (non-hydrogen) atoms. The fourth-order valence-corrected chi connectivity index (χ4v) is 4.44. The van der Waals surface area contributed by atoms with Crippen LogP contribution in [0.15, 0.2) is 59.7 Å². The highest BCUT2D eigenvalue weighted by Gasteiger charge is 2.13. The first-order chi connectivity index (χ1) is 14.8. The van der Waals surface area contributed by atoms with Crippen molar-refractivity contribution in [3.05, 3.63) is 91.6 Å². The molecule has 7 nitrogen and oxygen atoms in total. The van der Waals surface area contributed by atoms with Gasteiger partial charge in [-0.15, -0.1) is 11.3 Å². The number of hydrogen-bond donors (Lipinski definition) is 1. The van der Waals surface area contributed by atoms with Gasteiger partial charge in [-0.25, -0.2) is 5.43 Å². The van der Waals surface area contributed by atoms with E-state index in [0.717, 1.165) is 27.3 Å². The Hall–Kier alpha value is -3.49. The molecular formula is C22H17ClN4O3S. The molecule has 1 amide bonds. The van der Waals surface area contributed by atoms with Crippen molar-refractivity contribution < 1.29 is 9.72 Å². The zero-order valence-electron chi connectivity index (χ0n) is 16.6. The van der Waals surface area contributed by atoms with E-state index in [4.69, 9.17) is 11.6 Å². The molecule has 0 fully saturated rings. The minimum absolute atomic E-state index is 0.00803. The number of rotatable bonds is 5. The van der Waals surface area contributed by atoms with Gasteiger partial charge in [-0.3, -0.25) is 14.9 Å². The van der Waals surface area contributed by atoms with Gasteiger partial charge in [0, 0.05) is 49.9 Å². The molecule has 9 heteroatoms. The number of carbonyl (C=O) groups excluding carboxylic acids is 1. The molecule has 2 aromatic heterocycles. The molecule has 4 aromatic rings. The van der Waals surface area contributed by atoms with E-state index in [0.29, 0.717) is 15.3 Å². The Labute approximate surface area is 186 Å². The predicted molar refractivity (Wildman–Crippen MR) is 124 cm³/mol. The Kier molecular flexibility index (Phi) is 5.58. The van der Waals surface area contributed by atoms with Crippen LogP contribution in [0.2, 0.25) is 5.02 Å². The van der Waals surface area contributed by atoms with Gasteiger partial charge in [-0.05, 0) is 56.3 Å². The van der Waals surface area contributed by atoms with E-state index in [-0.39, 0.29) is 11.6 Å². The molecular weight excluding hydrogens is 436 g/mol. The number of thiophene rings is 1. The number of non-ortho nitro benzene ring substituents is 1. The van der Waals surface area contributed by atoms with Gasteiger partial charge < -0.3 is 4.57 Å². The minimum atomic E-state index is -0.457. The largest absolute Gasteiger partial charge is 0.318 e. The average Bonchev–Trinajstić information content (AvgIpc) is 3.29. The van der Waals surface area contributed by atoms with Crippen molar-refractivity contribution in [1.82, 2.24) is 9.99 Å². The average molecular weight is 453 g/mol. The van der Waals surface area contributed by atoms with Gasteiger partial charge in [0.1, 0.15) is 0 Å². The van der Waals surface area contributed by atoms with Crippen LogP contribution in [0, 0.1) is 24.0 Å². The van der Waals surface area contributed by atoms with Crippen molar-refractivity contribution in [1.29, 1.82) is 0 Å². The van der Waals surface area contributed by atoms with Gasteiger partial charge in [-0.1, -0.05) is 11.6 Å². The van der Waals surface area contributed by atoms with E-state index in [2.05, 4.69) is 15.1 Å². The van der Waals surface area contributed by atoms with Gasteiger partial charge in [0.25, 0.3) is 11.6 Å². The van der Waals surface area contributed by atoms with Crippen molar-refractivity contribution in [2.24, 2.45) is 5.10 Å². The maximum absolute atomic E-state index is 12.5. The highest BCUT2D eigenvalue weighted by molar-refractivity contribution is 7.20. The summed E-state index contributed by atoms with van der Waals surface area (Å²) in [6, 6.07) is 15.7. The third-order valence-electron chi connectivity index (χ3n) is 4.86. The summed E-state index contributed by atoms with van der Waals surface area (Å²) in [6.07, 6.45) is 1.60. The van der Waals surface area contributed by atoms with Crippen LogP contribution in [0.4, 0.5) is 5.69 Å². The van der Waals surface area contributed by atoms with Crippen LogP contribution < -0.4 is 5.43 Å². The summed E-state index contributed by atoms with van der Waals surface area (Å²) in [7, 11) is 0. The molecule has 0 radical (unpaired) electrons. The number of nitro benzene ring substituents is 1. The van der Waals surface area contributed by atoms with Gasteiger partial charge in [0.05, 0.1) is 16.0 Å².